The van der Waals surface area contributed by atoms with Crippen molar-refractivity contribution < 1.29 is 9.18 Å². The Balaban J connectivity index is 1.86. The Morgan fingerprint density at radius 2 is 2.11 bits per heavy atom. The Morgan fingerprint density at radius 1 is 1.28 bits per heavy atom. The fraction of sp³-hybridized carbons (Fsp3) is 0.500. The third kappa shape index (κ3) is 4.10. The lowest BCUT2D eigenvalue weighted by Gasteiger charge is -2.18. The minimum Gasteiger partial charge on any atom is -0.298 e. The Bertz CT molecular complexity index is 403. The van der Waals surface area contributed by atoms with E-state index in [1.807, 2.05) is 11.8 Å². The zero-order valence-electron chi connectivity index (χ0n) is 10.4. The van der Waals surface area contributed by atoms with Crippen molar-refractivity contribution in [2.45, 2.75) is 12.8 Å². The van der Waals surface area contributed by atoms with Crippen LogP contribution in [-0.4, -0.2) is 41.8 Å². The van der Waals surface area contributed by atoms with Crippen LogP contribution in [0.4, 0.5) is 4.39 Å². The van der Waals surface area contributed by atoms with E-state index in [1.165, 1.54) is 11.8 Å². The molecule has 0 saturated carbocycles. The largest absolute Gasteiger partial charge is 0.298 e. The van der Waals surface area contributed by atoms with Gasteiger partial charge >= 0.3 is 0 Å². The lowest BCUT2D eigenvalue weighted by Crippen LogP contribution is -2.32. The number of hydrogen-bond donors (Lipinski definition) is 0. The second kappa shape index (κ2) is 6.90. The third-order valence-corrected chi connectivity index (χ3v) is 4.11. The average Bonchev–Trinajstić information content (AvgIpc) is 2.61. The molecule has 2 nitrogen and oxygen atoms in total. The summed E-state index contributed by atoms with van der Waals surface area (Å²) >= 11 is 1.94. The van der Waals surface area contributed by atoms with Crippen LogP contribution in [0, 0.1) is 5.82 Å². The Kier molecular flexibility index (Phi) is 5.20. The minimum absolute atomic E-state index is 0.104. The van der Waals surface area contributed by atoms with Gasteiger partial charge < -0.3 is 0 Å². The summed E-state index contributed by atoms with van der Waals surface area (Å²) < 4.78 is 13.4. The molecule has 0 amide bonds. The summed E-state index contributed by atoms with van der Waals surface area (Å²) in [6.45, 7) is 2.40. The molecule has 0 unspecified atom stereocenters. The van der Waals surface area contributed by atoms with Gasteiger partial charge in [0.1, 0.15) is 5.82 Å². The van der Waals surface area contributed by atoms with Gasteiger partial charge in [-0.15, -0.1) is 0 Å². The lowest BCUT2D eigenvalue weighted by atomic mass is 10.1. The molecule has 0 atom stereocenters. The number of Topliss-reactive ketones (excluding diaryl/α,β-unsaturated/α-hetero) is 1. The van der Waals surface area contributed by atoms with Crippen molar-refractivity contribution in [2.75, 3.05) is 31.1 Å². The minimum atomic E-state index is -0.280. The van der Waals surface area contributed by atoms with Gasteiger partial charge in [-0.1, -0.05) is 18.2 Å². The van der Waals surface area contributed by atoms with E-state index in [1.54, 1.807) is 18.2 Å². The summed E-state index contributed by atoms with van der Waals surface area (Å²) in [4.78, 5) is 14.1. The van der Waals surface area contributed by atoms with E-state index in [2.05, 4.69) is 4.90 Å². The van der Waals surface area contributed by atoms with E-state index in [4.69, 9.17) is 0 Å². The molecule has 1 aliphatic rings. The van der Waals surface area contributed by atoms with Crippen molar-refractivity contribution in [3.63, 3.8) is 0 Å². The number of nitrogens with zero attached hydrogens (tertiary/aromatic N) is 1. The Morgan fingerprint density at radius 3 is 2.94 bits per heavy atom. The van der Waals surface area contributed by atoms with Crippen molar-refractivity contribution in [3.05, 3.63) is 35.6 Å². The Labute approximate surface area is 112 Å². The second-order valence-corrected chi connectivity index (χ2v) is 5.77. The predicted octanol–water partition coefficient (Wildman–Crippen LogP) is 2.38. The summed E-state index contributed by atoms with van der Waals surface area (Å²) in [6.07, 6.45) is 1.34. The van der Waals surface area contributed by atoms with Crippen LogP contribution < -0.4 is 0 Å². The van der Waals surface area contributed by atoms with Gasteiger partial charge in [0.25, 0.3) is 0 Å². The topological polar surface area (TPSA) is 20.3 Å². The number of halogens is 1. The van der Waals surface area contributed by atoms with Gasteiger partial charge in [-0.3, -0.25) is 9.69 Å². The van der Waals surface area contributed by atoms with Crippen LogP contribution in [0.1, 0.15) is 12.0 Å². The molecule has 1 aromatic rings. The van der Waals surface area contributed by atoms with Gasteiger partial charge in [0.15, 0.2) is 5.78 Å². The van der Waals surface area contributed by atoms with Crippen molar-refractivity contribution >= 4 is 17.5 Å². The molecule has 0 aliphatic carbocycles. The average molecular weight is 267 g/mol. The molecule has 0 aromatic heterocycles. The molecule has 0 radical (unpaired) electrons. The first-order valence-electron chi connectivity index (χ1n) is 6.31. The summed E-state index contributed by atoms with van der Waals surface area (Å²) in [6, 6.07) is 6.51. The van der Waals surface area contributed by atoms with Crippen LogP contribution in [-0.2, 0) is 11.2 Å². The maximum absolute atomic E-state index is 13.4. The third-order valence-electron chi connectivity index (χ3n) is 3.06. The van der Waals surface area contributed by atoms with E-state index >= 15 is 0 Å². The number of thioether (sulfide) groups is 1. The van der Waals surface area contributed by atoms with Crippen molar-refractivity contribution in [3.8, 4) is 0 Å². The molecule has 1 heterocycles. The molecular weight excluding hydrogens is 249 g/mol. The van der Waals surface area contributed by atoms with E-state index in [0.717, 1.165) is 25.3 Å². The van der Waals surface area contributed by atoms with Gasteiger partial charge in [0.05, 0.1) is 6.54 Å². The highest BCUT2D eigenvalue weighted by Gasteiger charge is 2.14. The molecule has 1 aromatic carbocycles. The van der Waals surface area contributed by atoms with Gasteiger partial charge in [-0.05, 0) is 30.3 Å². The number of carbonyl (C=O) groups excluding carboxylic acids is 1. The van der Waals surface area contributed by atoms with Crippen LogP contribution >= 0.6 is 11.8 Å². The van der Waals surface area contributed by atoms with Crippen LogP contribution in [0.25, 0.3) is 0 Å². The highest BCUT2D eigenvalue weighted by atomic mass is 32.2. The van der Waals surface area contributed by atoms with Gasteiger partial charge in [-0.2, -0.15) is 11.8 Å². The normalized spacial score (nSPS) is 17.4. The summed E-state index contributed by atoms with van der Waals surface area (Å²) in [5.74, 6) is 2.09. The maximum Gasteiger partial charge on any atom is 0.151 e. The molecule has 1 saturated heterocycles. The van der Waals surface area contributed by atoms with Gasteiger partial charge in [-0.25, -0.2) is 4.39 Å². The van der Waals surface area contributed by atoms with Crippen molar-refractivity contribution in [1.82, 2.24) is 4.90 Å². The zero-order chi connectivity index (χ0) is 12.8. The SMILES string of the molecule is O=C(Cc1ccccc1F)CN1CCCSCC1. The smallest absolute Gasteiger partial charge is 0.151 e. The van der Waals surface area contributed by atoms with Gasteiger partial charge in [0.2, 0.25) is 0 Å². The first kappa shape index (κ1) is 13.6. The number of hydrogen-bond acceptors (Lipinski definition) is 3. The number of benzene rings is 1. The highest BCUT2D eigenvalue weighted by Crippen LogP contribution is 2.11. The van der Waals surface area contributed by atoms with E-state index in [-0.39, 0.29) is 18.0 Å². The number of rotatable bonds is 4. The summed E-state index contributed by atoms with van der Waals surface area (Å²) in [5, 5.41) is 0. The van der Waals surface area contributed by atoms with E-state index < -0.39 is 0 Å². The molecule has 18 heavy (non-hydrogen) atoms. The molecular formula is C14H18FNOS. The molecule has 2 rings (SSSR count). The second-order valence-electron chi connectivity index (χ2n) is 4.55. The molecule has 0 N–H and O–H groups in total. The van der Waals surface area contributed by atoms with Crippen LogP contribution in [0.2, 0.25) is 0 Å². The first-order valence-corrected chi connectivity index (χ1v) is 7.46. The molecule has 98 valence electrons. The fourth-order valence-corrected chi connectivity index (χ4v) is 3.04. The molecule has 4 heteroatoms. The molecule has 1 aliphatic heterocycles. The monoisotopic (exact) mass is 267 g/mol. The van der Waals surface area contributed by atoms with Crippen molar-refractivity contribution in [1.29, 1.82) is 0 Å². The molecule has 0 spiro atoms. The molecule has 1 fully saturated rings. The fourth-order valence-electron chi connectivity index (χ4n) is 2.12. The standard InChI is InChI=1S/C14H18FNOS/c15-14-5-2-1-4-12(14)10-13(17)11-16-6-3-8-18-9-7-16/h1-2,4-5H,3,6-11H2. The summed E-state index contributed by atoms with van der Waals surface area (Å²) in [5.41, 5.74) is 0.506. The predicted molar refractivity (Wildman–Crippen MR) is 73.5 cm³/mol. The van der Waals surface area contributed by atoms with E-state index in [0.29, 0.717) is 12.1 Å². The quantitative estimate of drug-likeness (QED) is 0.835. The number of carbonyl (C=O) groups is 1. The molecule has 0 bridgehead atoms. The maximum atomic E-state index is 13.4. The van der Waals surface area contributed by atoms with Crippen LogP contribution in [0.15, 0.2) is 24.3 Å². The van der Waals surface area contributed by atoms with Gasteiger partial charge in [0, 0.05) is 18.7 Å². The van der Waals surface area contributed by atoms with Crippen LogP contribution in [0.3, 0.4) is 0 Å². The Hall–Kier alpha value is -0.870. The number of ketones is 1. The summed E-state index contributed by atoms with van der Waals surface area (Å²) in [7, 11) is 0. The van der Waals surface area contributed by atoms with E-state index in [9.17, 15) is 9.18 Å². The lowest BCUT2D eigenvalue weighted by molar-refractivity contribution is -0.119. The highest BCUT2D eigenvalue weighted by molar-refractivity contribution is 7.99. The zero-order valence-corrected chi connectivity index (χ0v) is 11.2. The van der Waals surface area contributed by atoms with Crippen molar-refractivity contribution in [2.24, 2.45) is 0 Å². The van der Waals surface area contributed by atoms with Crippen LogP contribution in [0.5, 0.6) is 0 Å². The first-order chi connectivity index (χ1) is 8.75.